The van der Waals surface area contributed by atoms with Crippen LogP contribution >= 0.6 is 0 Å². The van der Waals surface area contributed by atoms with E-state index in [-0.39, 0.29) is 0 Å². The van der Waals surface area contributed by atoms with E-state index >= 15 is 0 Å². The second-order valence-corrected chi connectivity index (χ2v) is 4.77. The second-order valence-electron chi connectivity index (χ2n) is 4.77. The molecule has 2 nitrogen and oxygen atoms in total. The molecule has 0 aliphatic carbocycles. The van der Waals surface area contributed by atoms with Crippen LogP contribution in [0.4, 0.5) is 11.4 Å². The number of nitrogens with zero attached hydrogens (tertiary/aromatic N) is 1. The highest BCUT2D eigenvalue weighted by atomic mass is 15.1. The van der Waals surface area contributed by atoms with E-state index in [4.69, 9.17) is 0 Å². The van der Waals surface area contributed by atoms with Crippen molar-refractivity contribution in [1.82, 2.24) is 0 Å². The van der Waals surface area contributed by atoms with Crippen LogP contribution in [0.3, 0.4) is 0 Å². The van der Waals surface area contributed by atoms with Crippen LogP contribution < -0.4 is 10.2 Å². The molecule has 0 bridgehead atoms. The van der Waals surface area contributed by atoms with Gasteiger partial charge in [-0.3, -0.25) is 0 Å². The van der Waals surface area contributed by atoms with Gasteiger partial charge in [0.1, 0.15) is 0 Å². The molecule has 1 aromatic carbocycles. The smallest absolute Gasteiger partial charge is 0.0631 e. The molecule has 0 saturated carbocycles. The molecular formula is C13H20N2. The summed E-state index contributed by atoms with van der Waals surface area (Å²) in [5.74, 6) is 0.696. The van der Waals surface area contributed by atoms with E-state index in [9.17, 15) is 0 Å². The Hall–Kier alpha value is -1.18. The molecule has 1 atom stereocenters. The number of nitrogens with one attached hydrogen (secondary N) is 1. The Balaban J connectivity index is 2.50. The lowest BCUT2D eigenvalue weighted by molar-refractivity contribution is 0.617. The minimum atomic E-state index is 0.696. The molecule has 2 rings (SSSR count). The molecule has 1 aromatic rings. The molecule has 1 aliphatic heterocycles. The van der Waals surface area contributed by atoms with Crippen LogP contribution in [-0.2, 0) is 0 Å². The molecule has 1 unspecified atom stereocenters. The van der Waals surface area contributed by atoms with Crippen molar-refractivity contribution in [2.24, 2.45) is 5.92 Å². The van der Waals surface area contributed by atoms with Gasteiger partial charge in [0.15, 0.2) is 0 Å². The highest BCUT2D eigenvalue weighted by Gasteiger charge is 2.18. The van der Waals surface area contributed by atoms with Gasteiger partial charge in [0.25, 0.3) is 0 Å². The quantitative estimate of drug-likeness (QED) is 0.699. The number of hydrogen-bond acceptors (Lipinski definition) is 2. The predicted octanol–water partition coefficient (Wildman–Crippen LogP) is 2.80. The van der Waals surface area contributed by atoms with Crippen LogP contribution in [-0.4, -0.2) is 20.1 Å². The van der Waals surface area contributed by atoms with Crippen molar-refractivity contribution < 1.29 is 0 Å². The SMILES string of the molecule is Cc1ccc2c(c1C)N(C)CC(C)CN2. The van der Waals surface area contributed by atoms with Gasteiger partial charge in [0, 0.05) is 20.1 Å². The maximum atomic E-state index is 3.53. The molecule has 0 fully saturated rings. The first-order valence-corrected chi connectivity index (χ1v) is 5.65. The van der Waals surface area contributed by atoms with Crippen LogP contribution in [0.5, 0.6) is 0 Å². The predicted molar refractivity (Wildman–Crippen MR) is 66.8 cm³/mol. The molecule has 1 aliphatic rings. The molecular weight excluding hydrogens is 184 g/mol. The van der Waals surface area contributed by atoms with Crippen molar-refractivity contribution in [3.05, 3.63) is 23.3 Å². The van der Waals surface area contributed by atoms with E-state index in [0.29, 0.717) is 5.92 Å². The first-order chi connectivity index (χ1) is 7.09. The Morgan fingerprint density at radius 3 is 2.80 bits per heavy atom. The molecule has 0 amide bonds. The normalized spacial score (nSPS) is 20.5. The highest BCUT2D eigenvalue weighted by molar-refractivity contribution is 5.75. The van der Waals surface area contributed by atoms with E-state index < -0.39 is 0 Å². The van der Waals surface area contributed by atoms with E-state index in [1.807, 2.05) is 0 Å². The molecule has 0 aromatic heterocycles. The summed E-state index contributed by atoms with van der Waals surface area (Å²) in [6, 6.07) is 4.40. The summed E-state index contributed by atoms with van der Waals surface area (Å²) in [5.41, 5.74) is 5.43. The molecule has 82 valence electrons. The Kier molecular flexibility index (Phi) is 2.59. The minimum Gasteiger partial charge on any atom is -0.383 e. The topological polar surface area (TPSA) is 15.3 Å². The van der Waals surface area contributed by atoms with Crippen molar-refractivity contribution in [3.63, 3.8) is 0 Å². The summed E-state index contributed by atoms with van der Waals surface area (Å²) >= 11 is 0. The zero-order valence-corrected chi connectivity index (χ0v) is 10.1. The van der Waals surface area contributed by atoms with E-state index in [0.717, 1.165) is 13.1 Å². The van der Waals surface area contributed by atoms with Gasteiger partial charge in [-0.15, -0.1) is 0 Å². The standard InChI is InChI=1S/C13H20N2/c1-9-7-14-12-6-5-10(2)11(3)13(12)15(4)8-9/h5-6,9,14H,7-8H2,1-4H3. The lowest BCUT2D eigenvalue weighted by Gasteiger charge is -2.23. The average molecular weight is 204 g/mol. The molecule has 0 radical (unpaired) electrons. The van der Waals surface area contributed by atoms with E-state index in [1.54, 1.807) is 0 Å². The first kappa shape index (κ1) is 10.3. The minimum absolute atomic E-state index is 0.696. The van der Waals surface area contributed by atoms with Crippen LogP contribution in [0, 0.1) is 19.8 Å². The van der Waals surface area contributed by atoms with E-state index in [2.05, 4.69) is 50.2 Å². The Labute approximate surface area is 92.3 Å². The lowest BCUT2D eigenvalue weighted by atomic mass is 10.1. The molecule has 0 spiro atoms. The summed E-state index contributed by atoms with van der Waals surface area (Å²) < 4.78 is 0. The van der Waals surface area contributed by atoms with Gasteiger partial charge in [0.2, 0.25) is 0 Å². The zero-order chi connectivity index (χ0) is 11.0. The fraction of sp³-hybridized carbons (Fsp3) is 0.538. The van der Waals surface area contributed by atoms with Crippen molar-refractivity contribution in [3.8, 4) is 0 Å². The summed E-state index contributed by atoms with van der Waals surface area (Å²) in [7, 11) is 2.19. The Bertz CT molecular complexity index is 371. The van der Waals surface area contributed by atoms with Crippen molar-refractivity contribution in [2.45, 2.75) is 20.8 Å². The highest BCUT2D eigenvalue weighted by Crippen LogP contribution is 2.33. The lowest BCUT2D eigenvalue weighted by Crippen LogP contribution is -2.24. The average Bonchev–Trinajstić information content (AvgIpc) is 2.32. The number of hydrogen-bond donors (Lipinski definition) is 1. The zero-order valence-electron chi connectivity index (χ0n) is 10.1. The van der Waals surface area contributed by atoms with Gasteiger partial charge in [-0.1, -0.05) is 13.0 Å². The Morgan fingerprint density at radius 2 is 2.07 bits per heavy atom. The third kappa shape index (κ3) is 1.81. The fourth-order valence-electron chi connectivity index (χ4n) is 2.34. The van der Waals surface area contributed by atoms with Crippen LogP contribution in [0.2, 0.25) is 0 Å². The maximum Gasteiger partial charge on any atom is 0.0631 e. The second kappa shape index (κ2) is 3.76. The van der Waals surface area contributed by atoms with Gasteiger partial charge in [0.05, 0.1) is 11.4 Å². The van der Waals surface area contributed by atoms with Crippen molar-refractivity contribution in [1.29, 1.82) is 0 Å². The largest absolute Gasteiger partial charge is 0.383 e. The summed E-state index contributed by atoms with van der Waals surface area (Å²) in [6.07, 6.45) is 0. The molecule has 2 heteroatoms. The number of rotatable bonds is 0. The van der Waals surface area contributed by atoms with Crippen molar-refractivity contribution >= 4 is 11.4 Å². The van der Waals surface area contributed by atoms with Crippen LogP contribution in [0.1, 0.15) is 18.1 Å². The molecule has 1 N–H and O–H groups in total. The third-order valence-corrected chi connectivity index (χ3v) is 3.31. The summed E-state index contributed by atoms with van der Waals surface area (Å²) in [4.78, 5) is 2.38. The maximum absolute atomic E-state index is 3.53. The van der Waals surface area contributed by atoms with Crippen LogP contribution in [0.15, 0.2) is 12.1 Å². The molecule has 1 heterocycles. The first-order valence-electron chi connectivity index (χ1n) is 5.65. The molecule has 0 saturated heterocycles. The van der Waals surface area contributed by atoms with Gasteiger partial charge >= 0.3 is 0 Å². The van der Waals surface area contributed by atoms with Gasteiger partial charge in [-0.25, -0.2) is 0 Å². The monoisotopic (exact) mass is 204 g/mol. The summed E-state index contributed by atoms with van der Waals surface area (Å²) in [5, 5.41) is 3.53. The van der Waals surface area contributed by atoms with Crippen LogP contribution in [0.25, 0.3) is 0 Å². The van der Waals surface area contributed by atoms with Gasteiger partial charge in [-0.05, 0) is 37.0 Å². The fourth-order valence-corrected chi connectivity index (χ4v) is 2.34. The van der Waals surface area contributed by atoms with Gasteiger partial charge < -0.3 is 10.2 Å². The van der Waals surface area contributed by atoms with E-state index in [1.165, 1.54) is 22.5 Å². The number of benzene rings is 1. The third-order valence-electron chi connectivity index (χ3n) is 3.31. The number of aryl methyl sites for hydroxylation is 1. The summed E-state index contributed by atoms with van der Waals surface area (Å²) in [6.45, 7) is 8.88. The number of fused-ring (bicyclic) bond motifs is 1. The number of anilines is 2. The van der Waals surface area contributed by atoms with Gasteiger partial charge in [-0.2, -0.15) is 0 Å². The Morgan fingerprint density at radius 1 is 1.33 bits per heavy atom. The van der Waals surface area contributed by atoms with Crippen molar-refractivity contribution in [2.75, 3.05) is 30.4 Å². The molecule has 15 heavy (non-hydrogen) atoms.